The second-order valence-corrected chi connectivity index (χ2v) is 3.78. The summed E-state index contributed by atoms with van der Waals surface area (Å²) in [6.45, 7) is 0. The number of nitrogens with zero attached hydrogens (tertiary/aromatic N) is 2. The molecule has 5 nitrogen and oxygen atoms in total. The summed E-state index contributed by atoms with van der Waals surface area (Å²) in [6.07, 6.45) is 1.61. The molecule has 0 saturated heterocycles. The minimum Gasteiger partial charge on any atom is -0.508 e. The van der Waals surface area contributed by atoms with E-state index in [1.54, 1.807) is 36.1 Å². The monoisotopic (exact) mass is 232 g/mol. The number of carbonyl (C=O) groups is 1. The molecule has 1 heterocycles. The smallest absolute Gasteiger partial charge is 0.309 e. The van der Waals surface area contributed by atoms with Gasteiger partial charge in [0.05, 0.1) is 12.1 Å². The van der Waals surface area contributed by atoms with E-state index in [1.165, 1.54) is 0 Å². The number of phenolic OH excluding ortho intramolecular Hbond substituents is 1. The number of aromatic hydroxyl groups is 1. The highest BCUT2D eigenvalue weighted by Crippen LogP contribution is 2.26. The Morgan fingerprint density at radius 3 is 2.88 bits per heavy atom. The van der Waals surface area contributed by atoms with Gasteiger partial charge in [0.25, 0.3) is 0 Å². The SMILES string of the molecule is Cn1cc(-c2cccc(O)c2)c(CC(=O)O)n1. The molecule has 0 aliphatic rings. The lowest BCUT2D eigenvalue weighted by atomic mass is 10.0. The molecule has 2 rings (SSSR count). The molecule has 0 atom stereocenters. The molecule has 0 spiro atoms. The molecular weight excluding hydrogens is 220 g/mol. The summed E-state index contributed by atoms with van der Waals surface area (Å²) in [5, 5.41) is 22.3. The molecule has 17 heavy (non-hydrogen) atoms. The van der Waals surface area contributed by atoms with E-state index < -0.39 is 5.97 Å². The van der Waals surface area contributed by atoms with Gasteiger partial charge in [-0.25, -0.2) is 0 Å². The van der Waals surface area contributed by atoms with Gasteiger partial charge in [0.1, 0.15) is 5.75 Å². The quantitative estimate of drug-likeness (QED) is 0.839. The topological polar surface area (TPSA) is 75.4 Å². The van der Waals surface area contributed by atoms with E-state index in [0.717, 1.165) is 11.1 Å². The summed E-state index contributed by atoms with van der Waals surface area (Å²) in [5.74, 6) is -0.780. The Morgan fingerprint density at radius 1 is 1.47 bits per heavy atom. The maximum absolute atomic E-state index is 10.7. The lowest BCUT2D eigenvalue weighted by Crippen LogP contribution is -2.02. The van der Waals surface area contributed by atoms with Gasteiger partial charge in [-0.1, -0.05) is 12.1 Å². The number of carboxylic acids is 1. The van der Waals surface area contributed by atoms with Crippen molar-refractivity contribution < 1.29 is 15.0 Å². The highest BCUT2D eigenvalue weighted by atomic mass is 16.4. The molecule has 0 aliphatic carbocycles. The Hall–Kier alpha value is -2.30. The molecule has 0 radical (unpaired) electrons. The zero-order valence-electron chi connectivity index (χ0n) is 9.29. The average Bonchev–Trinajstić information content (AvgIpc) is 2.58. The fourth-order valence-corrected chi connectivity index (χ4v) is 1.72. The van der Waals surface area contributed by atoms with Gasteiger partial charge in [-0.15, -0.1) is 0 Å². The predicted octanol–water partition coefficient (Wildman–Crippen LogP) is 1.42. The minimum absolute atomic E-state index is 0.133. The van der Waals surface area contributed by atoms with Crippen LogP contribution in [-0.4, -0.2) is 26.0 Å². The second-order valence-electron chi connectivity index (χ2n) is 3.78. The number of hydrogen-bond donors (Lipinski definition) is 2. The van der Waals surface area contributed by atoms with Gasteiger partial charge in [0, 0.05) is 18.8 Å². The fraction of sp³-hybridized carbons (Fsp3) is 0.167. The Balaban J connectivity index is 2.47. The van der Waals surface area contributed by atoms with E-state index in [2.05, 4.69) is 5.10 Å². The summed E-state index contributed by atoms with van der Waals surface area (Å²) in [4.78, 5) is 10.7. The Bertz CT molecular complexity index is 561. The molecule has 2 aromatic rings. The number of rotatable bonds is 3. The molecule has 0 aliphatic heterocycles. The van der Waals surface area contributed by atoms with Crippen molar-refractivity contribution in [1.82, 2.24) is 9.78 Å². The standard InChI is InChI=1S/C12H12N2O3/c1-14-7-10(11(13-14)6-12(16)17)8-3-2-4-9(15)5-8/h2-5,7,15H,6H2,1H3,(H,16,17). The van der Waals surface area contributed by atoms with Crippen LogP contribution < -0.4 is 0 Å². The van der Waals surface area contributed by atoms with Gasteiger partial charge < -0.3 is 10.2 Å². The molecule has 88 valence electrons. The van der Waals surface area contributed by atoms with Crippen molar-refractivity contribution in [3.05, 3.63) is 36.2 Å². The first-order valence-corrected chi connectivity index (χ1v) is 5.10. The van der Waals surface area contributed by atoms with Crippen LogP contribution in [0.2, 0.25) is 0 Å². The number of aryl methyl sites for hydroxylation is 1. The molecule has 5 heteroatoms. The Kier molecular flexibility index (Phi) is 2.82. The molecule has 1 aromatic heterocycles. The fourth-order valence-electron chi connectivity index (χ4n) is 1.72. The van der Waals surface area contributed by atoms with Crippen LogP contribution in [0.4, 0.5) is 0 Å². The van der Waals surface area contributed by atoms with Crippen LogP contribution in [0, 0.1) is 0 Å². The molecule has 0 unspecified atom stereocenters. The molecule has 0 amide bonds. The van der Waals surface area contributed by atoms with Crippen LogP contribution >= 0.6 is 0 Å². The zero-order valence-corrected chi connectivity index (χ0v) is 9.29. The largest absolute Gasteiger partial charge is 0.508 e. The number of phenols is 1. The zero-order chi connectivity index (χ0) is 12.4. The number of aromatic nitrogens is 2. The van der Waals surface area contributed by atoms with Crippen molar-refractivity contribution in [2.24, 2.45) is 7.05 Å². The van der Waals surface area contributed by atoms with Gasteiger partial charge in [-0.05, 0) is 17.7 Å². The van der Waals surface area contributed by atoms with Crippen LogP contribution in [0.25, 0.3) is 11.1 Å². The Morgan fingerprint density at radius 2 is 2.24 bits per heavy atom. The minimum atomic E-state index is -0.926. The third kappa shape index (κ3) is 2.44. The van der Waals surface area contributed by atoms with Gasteiger partial charge in [0.2, 0.25) is 0 Å². The number of carboxylic acid groups (broad SMARTS) is 1. The number of aliphatic carboxylic acids is 1. The van der Waals surface area contributed by atoms with Crippen LogP contribution in [0.5, 0.6) is 5.75 Å². The van der Waals surface area contributed by atoms with E-state index >= 15 is 0 Å². The summed E-state index contributed by atoms with van der Waals surface area (Å²) in [6, 6.07) is 6.67. The summed E-state index contributed by atoms with van der Waals surface area (Å²) in [7, 11) is 1.73. The maximum Gasteiger partial charge on any atom is 0.309 e. The first-order valence-electron chi connectivity index (χ1n) is 5.10. The van der Waals surface area contributed by atoms with Crippen LogP contribution in [0.3, 0.4) is 0 Å². The van der Waals surface area contributed by atoms with Crippen molar-refractivity contribution in [2.75, 3.05) is 0 Å². The summed E-state index contributed by atoms with van der Waals surface area (Å²) < 4.78 is 1.57. The molecule has 0 bridgehead atoms. The van der Waals surface area contributed by atoms with Crippen LogP contribution in [0.1, 0.15) is 5.69 Å². The van der Waals surface area contributed by atoms with E-state index in [0.29, 0.717) is 5.69 Å². The van der Waals surface area contributed by atoms with Gasteiger partial charge in [-0.3, -0.25) is 9.48 Å². The third-order valence-corrected chi connectivity index (χ3v) is 2.38. The number of hydrogen-bond acceptors (Lipinski definition) is 3. The van der Waals surface area contributed by atoms with Crippen molar-refractivity contribution in [3.8, 4) is 16.9 Å². The van der Waals surface area contributed by atoms with Gasteiger partial charge >= 0.3 is 5.97 Å². The molecule has 2 N–H and O–H groups in total. The first-order chi connectivity index (χ1) is 8.06. The predicted molar refractivity (Wildman–Crippen MR) is 61.6 cm³/mol. The van der Waals surface area contributed by atoms with E-state index in [4.69, 9.17) is 5.11 Å². The summed E-state index contributed by atoms with van der Waals surface area (Å²) >= 11 is 0. The molecule has 0 fully saturated rings. The summed E-state index contributed by atoms with van der Waals surface area (Å²) in [5.41, 5.74) is 1.98. The van der Waals surface area contributed by atoms with Crippen molar-refractivity contribution in [3.63, 3.8) is 0 Å². The van der Waals surface area contributed by atoms with Crippen LogP contribution in [0.15, 0.2) is 30.5 Å². The maximum atomic E-state index is 10.7. The lowest BCUT2D eigenvalue weighted by molar-refractivity contribution is -0.136. The van der Waals surface area contributed by atoms with Gasteiger partial charge in [-0.2, -0.15) is 5.10 Å². The van der Waals surface area contributed by atoms with Crippen LogP contribution in [-0.2, 0) is 18.3 Å². The Labute approximate surface area is 97.9 Å². The molecular formula is C12H12N2O3. The molecule has 0 saturated carbocycles. The number of benzene rings is 1. The van der Waals surface area contributed by atoms with E-state index in [9.17, 15) is 9.90 Å². The normalized spacial score (nSPS) is 10.4. The van der Waals surface area contributed by atoms with Crippen molar-refractivity contribution in [1.29, 1.82) is 0 Å². The lowest BCUT2D eigenvalue weighted by Gasteiger charge is -2.01. The molecule has 1 aromatic carbocycles. The van der Waals surface area contributed by atoms with Gasteiger partial charge in [0.15, 0.2) is 0 Å². The van der Waals surface area contributed by atoms with Crippen molar-refractivity contribution >= 4 is 5.97 Å². The van der Waals surface area contributed by atoms with E-state index in [1.807, 2.05) is 6.07 Å². The highest BCUT2D eigenvalue weighted by Gasteiger charge is 2.13. The van der Waals surface area contributed by atoms with E-state index in [-0.39, 0.29) is 12.2 Å². The highest BCUT2D eigenvalue weighted by molar-refractivity contribution is 5.75. The third-order valence-electron chi connectivity index (χ3n) is 2.38. The average molecular weight is 232 g/mol. The van der Waals surface area contributed by atoms with Crippen molar-refractivity contribution in [2.45, 2.75) is 6.42 Å². The first kappa shape index (κ1) is 11.2. The second kappa shape index (κ2) is 4.29.